The third-order valence-corrected chi connectivity index (χ3v) is 19.2. The lowest BCUT2D eigenvalue weighted by atomic mass is 9.88. The fourth-order valence-corrected chi connectivity index (χ4v) is 13.3. The average Bonchev–Trinajstić information content (AvgIpc) is 1.60. The molecule has 0 saturated carbocycles. The Morgan fingerprint density at radius 2 is 1.14 bits per heavy atom. The maximum absolute atomic E-state index is 14.1. The number of carbonyl (C=O) groups is 2. The number of rotatable bonds is 18. The molecule has 0 aliphatic carbocycles. The highest BCUT2D eigenvalue weighted by Crippen LogP contribution is 2.49. The van der Waals surface area contributed by atoms with Gasteiger partial charge in [0.05, 0.1) is 35.2 Å². The number of ether oxygens (including phenoxy) is 2. The highest BCUT2D eigenvalue weighted by molar-refractivity contribution is 6.10. The minimum atomic E-state index is -0.310. The van der Waals surface area contributed by atoms with Crippen LogP contribution in [0.3, 0.4) is 0 Å². The molecular weight excluding hydrogens is 1140 g/mol. The average molecular weight is 1220 g/mol. The van der Waals surface area contributed by atoms with Crippen molar-refractivity contribution in [2.45, 2.75) is 59.2 Å². The molecule has 9 heterocycles. The second-order valence-corrected chi connectivity index (χ2v) is 24.6. The SMILES string of the molecule is C=CC(=O)N(C)c1cc(-c2c(-c3ccc(C4CCN(C)CC4)cc3)n(COc3ccc(-c4c(-c5ccc(N6CCN(C)CC6)cc5)[nH]c5ncc(-c6cnn(C)c6C)c(C)c45)cc3N(C)C(=O)C=C)c3ncc(-c4cnn(C)c4C)c(C)c23)ccc1OCC1C=N1. The number of piperazine rings is 1. The van der Waals surface area contributed by atoms with E-state index in [1.54, 1.807) is 23.9 Å². The number of likely N-dealkylation sites (tertiary alicyclic amines) is 1. The smallest absolute Gasteiger partial charge is 0.250 e. The summed E-state index contributed by atoms with van der Waals surface area (Å²) in [4.78, 5) is 56.7. The molecule has 4 aromatic carbocycles. The van der Waals surface area contributed by atoms with E-state index in [4.69, 9.17) is 19.4 Å². The van der Waals surface area contributed by atoms with Gasteiger partial charge in [0.1, 0.15) is 35.4 Å². The van der Waals surface area contributed by atoms with Crippen LogP contribution < -0.4 is 24.2 Å². The quantitative estimate of drug-likeness (QED) is 0.0813. The van der Waals surface area contributed by atoms with Gasteiger partial charge in [0, 0.05) is 134 Å². The molecule has 2 amide bonds. The maximum atomic E-state index is 14.1. The molecule has 0 radical (unpaired) electrons. The molecule has 1 N–H and O–H groups in total. The van der Waals surface area contributed by atoms with E-state index in [9.17, 15) is 9.59 Å². The van der Waals surface area contributed by atoms with Crippen LogP contribution in [-0.4, -0.2) is 147 Å². The van der Waals surface area contributed by atoms with Crippen molar-refractivity contribution < 1.29 is 19.1 Å². The largest absolute Gasteiger partial charge is 0.489 e. The molecule has 18 heteroatoms. The molecule has 10 aromatic rings. The van der Waals surface area contributed by atoms with E-state index in [1.807, 2.05) is 78.7 Å². The number of piperidine rings is 1. The molecule has 3 aliphatic rings. The van der Waals surface area contributed by atoms with E-state index in [0.717, 1.165) is 158 Å². The Kier molecular flexibility index (Phi) is 16.1. The van der Waals surface area contributed by atoms with Crippen LogP contribution in [0.4, 0.5) is 17.1 Å². The zero-order chi connectivity index (χ0) is 63.5. The lowest BCUT2D eigenvalue weighted by Gasteiger charge is -2.34. The third-order valence-electron chi connectivity index (χ3n) is 19.2. The number of carbonyl (C=O) groups excluding carboxylic acids is 2. The van der Waals surface area contributed by atoms with Gasteiger partial charge in [-0.1, -0.05) is 61.7 Å². The van der Waals surface area contributed by atoms with Gasteiger partial charge in [-0.15, -0.1) is 0 Å². The summed E-state index contributed by atoms with van der Waals surface area (Å²) in [5, 5.41) is 11.1. The number of benzene rings is 4. The maximum Gasteiger partial charge on any atom is 0.250 e. The summed E-state index contributed by atoms with van der Waals surface area (Å²) < 4.78 is 19.6. The summed E-state index contributed by atoms with van der Waals surface area (Å²) in [6, 6.07) is 29.9. The predicted octanol–water partition coefficient (Wildman–Crippen LogP) is 12.3. The number of pyridine rings is 2. The number of H-pyrrole nitrogens is 1. The van der Waals surface area contributed by atoms with E-state index < -0.39 is 0 Å². The number of hydrogen-bond acceptors (Lipinski definition) is 12. The molecule has 0 bridgehead atoms. The monoisotopic (exact) mass is 1210 g/mol. The molecule has 91 heavy (non-hydrogen) atoms. The molecule has 1 atom stereocenters. The van der Waals surface area contributed by atoms with Crippen molar-refractivity contribution in [3.63, 3.8) is 0 Å². The highest BCUT2D eigenvalue weighted by Gasteiger charge is 2.30. The summed E-state index contributed by atoms with van der Waals surface area (Å²) in [5.74, 6) is 0.833. The first-order valence-electron chi connectivity index (χ1n) is 31.2. The molecule has 2 fully saturated rings. The molecule has 6 aromatic heterocycles. The van der Waals surface area contributed by atoms with Crippen LogP contribution in [0.15, 0.2) is 140 Å². The minimum absolute atomic E-state index is 0.0112. The normalized spacial score (nSPS) is 15.4. The lowest BCUT2D eigenvalue weighted by Crippen LogP contribution is -2.44. The Morgan fingerprint density at radius 1 is 0.615 bits per heavy atom. The summed E-state index contributed by atoms with van der Waals surface area (Å²) >= 11 is 0. The van der Waals surface area contributed by atoms with Gasteiger partial charge in [-0.25, -0.2) is 9.97 Å². The number of fused-ring (bicyclic) bond motifs is 2. The van der Waals surface area contributed by atoms with E-state index in [0.29, 0.717) is 41.0 Å². The standard InChI is InChI=1S/C73H78N14O4/c1-13-64(88)82(9)60-36-53(22-25-62(60)90-42-54-37-74-54)69-67-45(4)57(59-41-78-85(12)47(59)6)39-76-73(67)87(71(69)51-17-15-48(16-18-51)49-27-29-80(7)30-28-49)43-91-63-26-21-52(35-61(63)83(10)65(89)14-2)68-66-44(3)56(58-40-77-84(11)46(58)5)38-75-72(66)79-70(68)50-19-23-55(24-20-50)86-33-31-81(8)32-34-86/h13-26,35-41,49,54H,1-2,27-34,42-43H2,3-12H3,(H,75,79). The number of likely N-dealkylation sites (N-methyl/N-ethyl adjacent to an activating group) is 3. The topological polar surface area (TPSA) is 163 Å². The van der Waals surface area contributed by atoms with Gasteiger partial charge in [-0.3, -0.25) is 28.5 Å². The van der Waals surface area contributed by atoms with Crippen molar-refractivity contribution in [2.75, 3.05) is 88.8 Å². The third kappa shape index (κ3) is 11.2. The molecule has 3 aliphatic heterocycles. The molecule has 0 spiro atoms. The van der Waals surface area contributed by atoms with Gasteiger partial charge in [0.2, 0.25) is 11.8 Å². The summed E-state index contributed by atoms with van der Waals surface area (Å²) in [6.07, 6.45) is 14.3. The van der Waals surface area contributed by atoms with Crippen LogP contribution >= 0.6 is 0 Å². The Balaban J connectivity index is 0.996. The zero-order valence-electron chi connectivity index (χ0n) is 53.7. The predicted molar refractivity (Wildman–Crippen MR) is 366 cm³/mol. The first-order chi connectivity index (χ1) is 44.0. The van der Waals surface area contributed by atoms with Gasteiger partial charge in [-0.05, 0) is 161 Å². The number of aromatic amines is 1. The number of nitrogens with zero attached hydrogens (tertiary/aromatic N) is 13. The van der Waals surface area contributed by atoms with Gasteiger partial charge >= 0.3 is 0 Å². The number of hydrogen-bond donors (Lipinski definition) is 1. The second-order valence-electron chi connectivity index (χ2n) is 24.6. The first-order valence-corrected chi connectivity index (χ1v) is 31.2. The second kappa shape index (κ2) is 24.5. The molecule has 18 nitrogen and oxygen atoms in total. The van der Waals surface area contributed by atoms with Crippen LogP contribution in [0.2, 0.25) is 0 Å². The summed E-state index contributed by atoms with van der Waals surface area (Å²) in [5.41, 5.74) is 20.1. The Bertz CT molecular complexity index is 4510. The molecule has 464 valence electrons. The fraction of sp³-hybridized carbons (Fsp3) is 0.301. The number of anilines is 3. The van der Waals surface area contributed by atoms with Crippen molar-refractivity contribution in [2.24, 2.45) is 19.1 Å². The van der Waals surface area contributed by atoms with Gasteiger partial charge < -0.3 is 39.0 Å². The van der Waals surface area contributed by atoms with Crippen molar-refractivity contribution in [3.8, 4) is 78.5 Å². The minimum Gasteiger partial charge on any atom is -0.489 e. The Labute approximate surface area is 531 Å². The highest BCUT2D eigenvalue weighted by atomic mass is 16.5. The summed E-state index contributed by atoms with van der Waals surface area (Å²) in [6.45, 7) is 22.5. The van der Waals surface area contributed by atoms with Crippen molar-refractivity contribution in [1.29, 1.82) is 0 Å². The van der Waals surface area contributed by atoms with Crippen molar-refractivity contribution in [1.82, 2.24) is 48.9 Å². The van der Waals surface area contributed by atoms with Gasteiger partial charge in [0.15, 0.2) is 6.73 Å². The van der Waals surface area contributed by atoms with Crippen LogP contribution in [0.25, 0.3) is 89.1 Å². The van der Waals surface area contributed by atoms with Crippen LogP contribution in [-0.2, 0) is 30.4 Å². The van der Waals surface area contributed by atoms with Crippen LogP contribution in [0.1, 0.15) is 46.8 Å². The number of amides is 2. The van der Waals surface area contributed by atoms with E-state index in [-0.39, 0.29) is 24.6 Å². The molecule has 1 unspecified atom stereocenters. The van der Waals surface area contributed by atoms with Gasteiger partial charge in [0.25, 0.3) is 0 Å². The van der Waals surface area contributed by atoms with Crippen LogP contribution in [0.5, 0.6) is 11.5 Å². The van der Waals surface area contributed by atoms with Crippen molar-refractivity contribution >= 4 is 57.2 Å². The number of nitrogens with one attached hydrogen (secondary N) is 1. The van der Waals surface area contributed by atoms with Crippen LogP contribution in [0, 0.1) is 27.7 Å². The van der Waals surface area contributed by atoms with E-state index >= 15 is 0 Å². The van der Waals surface area contributed by atoms with Gasteiger partial charge in [-0.2, -0.15) is 10.2 Å². The zero-order valence-corrected chi connectivity index (χ0v) is 53.7. The summed E-state index contributed by atoms with van der Waals surface area (Å²) in [7, 11) is 11.8. The number of aromatic nitrogens is 8. The Morgan fingerprint density at radius 3 is 1.70 bits per heavy atom. The molecule has 2 saturated heterocycles. The number of aryl methyl sites for hydroxylation is 4. The fourth-order valence-electron chi connectivity index (χ4n) is 13.3. The van der Waals surface area contributed by atoms with E-state index in [2.05, 4.69) is 155 Å². The molecule has 13 rings (SSSR count). The lowest BCUT2D eigenvalue weighted by molar-refractivity contribution is -0.114. The molecular formula is C73H78N14O4. The Hall–Kier alpha value is -9.91. The number of aliphatic imine (C=N–C) groups is 1. The first kappa shape index (κ1) is 60.0. The van der Waals surface area contributed by atoms with Crippen molar-refractivity contribution in [3.05, 3.63) is 163 Å². The van der Waals surface area contributed by atoms with E-state index in [1.165, 1.54) is 23.4 Å².